The first kappa shape index (κ1) is 12.9. The molecule has 0 saturated carbocycles. The van der Waals surface area contributed by atoms with E-state index in [0.29, 0.717) is 6.42 Å². The molecule has 0 unspecified atom stereocenters. The highest BCUT2D eigenvalue weighted by Gasteiger charge is 2.30. The zero-order chi connectivity index (χ0) is 13.0. The molecule has 2 atom stereocenters. The SMILES string of the molecule is NC(=O)[C@H](CC(=O)O)NC(=O)[C@@H]1CCC(=O)N1. The lowest BCUT2D eigenvalue weighted by Gasteiger charge is -2.16. The Morgan fingerprint density at radius 3 is 2.59 bits per heavy atom. The zero-order valence-electron chi connectivity index (χ0n) is 8.93. The number of amides is 3. The van der Waals surface area contributed by atoms with E-state index >= 15 is 0 Å². The quantitative estimate of drug-likeness (QED) is 0.430. The van der Waals surface area contributed by atoms with Crippen molar-refractivity contribution in [2.24, 2.45) is 5.73 Å². The van der Waals surface area contributed by atoms with Crippen molar-refractivity contribution in [2.45, 2.75) is 31.3 Å². The largest absolute Gasteiger partial charge is 0.481 e. The van der Waals surface area contributed by atoms with E-state index in [4.69, 9.17) is 10.8 Å². The number of rotatable bonds is 5. The molecule has 0 aromatic rings. The van der Waals surface area contributed by atoms with Gasteiger partial charge in [-0.3, -0.25) is 19.2 Å². The van der Waals surface area contributed by atoms with Crippen molar-refractivity contribution in [3.05, 3.63) is 0 Å². The van der Waals surface area contributed by atoms with Crippen LogP contribution in [0, 0.1) is 0 Å². The van der Waals surface area contributed by atoms with Crippen LogP contribution in [0.15, 0.2) is 0 Å². The predicted octanol–water partition coefficient (Wildman–Crippen LogP) is -2.29. The molecule has 0 aliphatic carbocycles. The maximum atomic E-state index is 11.6. The van der Waals surface area contributed by atoms with Gasteiger partial charge in [0.2, 0.25) is 17.7 Å². The van der Waals surface area contributed by atoms with E-state index in [1.807, 2.05) is 0 Å². The first-order valence-electron chi connectivity index (χ1n) is 5.01. The normalized spacial score (nSPS) is 20.5. The molecule has 5 N–H and O–H groups in total. The van der Waals surface area contributed by atoms with Crippen LogP contribution in [0.3, 0.4) is 0 Å². The minimum absolute atomic E-state index is 0.234. The minimum Gasteiger partial charge on any atom is -0.481 e. The summed E-state index contributed by atoms with van der Waals surface area (Å²) < 4.78 is 0. The number of carbonyl (C=O) groups excluding carboxylic acids is 3. The number of carbonyl (C=O) groups is 4. The van der Waals surface area contributed by atoms with E-state index in [-0.39, 0.29) is 12.3 Å². The molecule has 94 valence electrons. The predicted molar refractivity (Wildman–Crippen MR) is 54.5 cm³/mol. The molecule has 1 aliphatic rings. The summed E-state index contributed by atoms with van der Waals surface area (Å²) in [4.78, 5) is 43.8. The summed E-state index contributed by atoms with van der Waals surface area (Å²) in [7, 11) is 0. The first-order valence-corrected chi connectivity index (χ1v) is 5.01. The summed E-state index contributed by atoms with van der Waals surface area (Å²) >= 11 is 0. The highest BCUT2D eigenvalue weighted by Crippen LogP contribution is 2.07. The van der Waals surface area contributed by atoms with Gasteiger partial charge in [-0.25, -0.2) is 0 Å². The van der Waals surface area contributed by atoms with Crippen molar-refractivity contribution in [3.63, 3.8) is 0 Å². The molecule has 1 saturated heterocycles. The molecule has 1 heterocycles. The Kier molecular flexibility index (Phi) is 4.02. The number of carboxylic acid groups (broad SMARTS) is 1. The van der Waals surface area contributed by atoms with Crippen LogP contribution in [0.5, 0.6) is 0 Å². The van der Waals surface area contributed by atoms with Crippen molar-refractivity contribution in [3.8, 4) is 0 Å². The number of hydrogen-bond donors (Lipinski definition) is 4. The van der Waals surface area contributed by atoms with Crippen LogP contribution in [0.2, 0.25) is 0 Å². The van der Waals surface area contributed by atoms with Gasteiger partial charge in [-0.1, -0.05) is 0 Å². The number of aliphatic carboxylic acids is 1. The van der Waals surface area contributed by atoms with E-state index in [2.05, 4.69) is 10.6 Å². The average molecular weight is 243 g/mol. The van der Waals surface area contributed by atoms with Gasteiger partial charge in [-0.2, -0.15) is 0 Å². The van der Waals surface area contributed by atoms with Gasteiger partial charge in [0.25, 0.3) is 0 Å². The summed E-state index contributed by atoms with van der Waals surface area (Å²) in [6, 6.07) is -1.99. The highest BCUT2D eigenvalue weighted by molar-refractivity contribution is 5.94. The number of hydrogen-bond acceptors (Lipinski definition) is 4. The fourth-order valence-corrected chi connectivity index (χ4v) is 1.48. The van der Waals surface area contributed by atoms with E-state index < -0.39 is 36.3 Å². The van der Waals surface area contributed by atoms with E-state index in [9.17, 15) is 19.2 Å². The van der Waals surface area contributed by atoms with Crippen LogP contribution in [0.1, 0.15) is 19.3 Å². The molecule has 1 rings (SSSR count). The van der Waals surface area contributed by atoms with Gasteiger partial charge >= 0.3 is 5.97 Å². The standard InChI is InChI=1S/C9H13N3O5/c10-8(16)5(3-7(14)15)12-9(17)4-1-2-6(13)11-4/h4-5H,1-3H2,(H2,10,16)(H,11,13)(H,12,17)(H,14,15)/t4-,5-/m0/s1. The molecule has 0 aromatic heterocycles. The number of primary amides is 1. The number of carboxylic acids is 1. The van der Waals surface area contributed by atoms with Gasteiger partial charge in [0.15, 0.2) is 0 Å². The van der Waals surface area contributed by atoms with Gasteiger partial charge in [0.1, 0.15) is 12.1 Å². The maximum absolute atomic E-state index is 11.6. The van der Waals surface area contributed by atoms with Crippen LogP contribution in [-0.4, -0.2) is 40.9 Å². The minimum atomic E-state index is -1.27. The van der Waals surface area contributed by atoms with Crippen LogP contribution in [-0.2, 0) is 19.2 Å². The van der Waals surface area contributed by atoms with Gasteiger partial charge in [0, 0.05) is 6.42 Å². The van der Waals surface area contributed by atoms with Crippen LogP contribution >= 0.6 is 0 Å². The summed E-state index contributed by atoms with van der Waals surface area (Å²) in [6.07, 6.45) is -0.0246. The van der Waals surface area contributed by atoms with Crippen LogP contribution in [0.25, 0.3) is 0 Å². The summed E-state index contributed by atoms with van der Waals surface area (Å²) in [5.74, 6) is -3.02. The fraction of sp³-hybridized carbons (Fsp3) is 0.556. The molecule has 1 aliphatic heterocycles. The smallest absolute Gasteiger partial charge is 0.305 e. The molecule has 17 heavy (non-hydrogen) atoms. The maximum Gasteiger partial charge on any atom is 0.305 e. The first-order chi connectivity index (χ1) is 7.90. The van der Waals surface area contributed by atoms with Crippen LogP contribution < -0.4 is 16.4 Å². The second kappa shape index (κ2) is 5.28. The van der Waals surface area contributed by atoms with Crippen molar-refractivity contribution in [1.82, 2.24) is 10.6 Å². The molecule has 1 fully saturated rings. The lowest BCUT2D eigenvalue weighted by atomic mass is 10.1. The Hall–Kier alpha value is -2.12. The third kappa shape index (κ3) is 3.74. The van der Waals surface area contributed by atoms with E-state index in [1.165, 1.54) is 0 Å². The molecule has 8 heteroatoms. The highest BCUT2D eigenvalue weighted by atomic mass is 16.4. The summed E-state index contributed by atoms with van der Waals surface area (Å²) in [5.41, 5.74) is 4.95. The molecular formula is C9H13N3O5. The van der Waals surface area contributed by atoms with Crippen molar-refractivity contribution in [1.29, 1.82) is 0 Å². The fourth-order valence-electron chi connectivity index (χ4n) is 1.48. The number of nitrogens with two attached hydrogens (primary N) is 1. The lowest BCUT2D eigenvalue weighted by molar-refractivity contribution is -0.140. The Labute approximate surface area is 96.5 Å². The molecule has 0 aromatic carbocycles. The Morgan fingerprint density at radius 2 is 2.18 bits per heavy atom. The Balaban J connectivity index is 2.55. The molecular weight excluding hydrogens is 230 g/mol. The monoisotopic (exact) mass is 243 g/mol. The lowest BCUT2D eigenvalue weighted by Crippen LogP contribution is -2.51. The van der Waals surface area contributed by atoms with Crippen molar-refractivity contribution in [2.75, 3.05) is 0 Å². The summed E-state index contributed by atoms with van der Waals surface area (Å²) in [5, 5.41) is 13.1. The van der Waals surface area contributed by atoms with Crippen molar-refractivity contribution < 1.29 is 24.3 Å². The topological polar surface area (TPSA) is 139 Å². The zero-order valence-corrected chi connectivity index (χ0v) is 8.93. The third-order valence-electron chi connectivity index (χ3n) is 2.35. The van der Waals surface area contributed by atoms with E-state index in [1.54, 1.807) is 0 Å². The average Bonchev–Trinajstić information content (AvgIpc) is 2.63. The Bertz CT molecular complexity index is 368. The molecule has 8 nitrogen and oxygen atoms in total. The van der Waals surface area contributed by atoms with Crippen LogP contribution in [0.4, 0.5) is 0 Å². The number of nitrogens with one attached hydrogen (secondary N) is 2. The molecule has 0 radical (unpaired) electrons. The summed E-state index contributed by atoms with van der Waals surface area (Å²) in [6.45, 7) is 0. The molecule has 3 amide bonds. The van der Waals surface area contributed by atoms with Gasteiger partial charge in [-0.05, 0) is 6.42 Å². The van der Waals surface area contributed by atoms with Gasteiger partial charge < -0.3 is 21.5 Å². The second-order valence-corrected chi connectivity index (χ2v) is 3.72. The molecule has 0 bridgehead atoms. The van der Waals surface area contributed by atoms with Gasteiger partial charge in [0.05, 0.1) is 6.42 Å². The molecule has 0 spiro atoms. The van der Waals surface area contributed by atoms with Crippen molar-refractivity contribution >= 4 is 23.7 Å². The second-order valence-electron chi connectivity index (χ2n) is 3.72. The Morgan fingerprint density at radius 1 is 1.53 bits per heavy atom. The van der Waals surface area contributed by atoms with Gasteiger partial charge in [-0.15, -0.1) is 0 Å². The third-order valence-corrected chi connectivity index (χ3v) is 2.35. The van der Waals surface area contributed by atoms with E-state index in [0.717, 1.165) is 0 Å².